The smallest absolute Gasteiger partial charge is 0.124 e. The molecule has 0 saturated carbocycles. The first kappa shape index (κ1) is 13.3. The predicted molar refractivity (Wildman–Crippen MR) is 82.5 cm³/mol. The fraction of sp³-hybridized carbons (Fsp3) is 0.0625. The van der Waals surface area contributed by atoms with Crippen molar-refractivity contribution in [2.75, 3.05) is 0 Å². The molecule has 0 radical (unpaired) electrons. The van der Waals surface area contributed by atoms with Crippen LogP contribution in [0.4, 0.5) is 4.39 Å². The van der Waals surface area contributed by atoms with Crippen LogP contribution in [-0.4, -0.2) is 4.98 Å². The van der Waals surface area contributed by atoms with Crippen molar-refractivity contribution in [1.29, 1.82) is 0 Å². The summed E-state index contributed by atoms with van der Waals surface area (Å²) in [5, 5.41) is 2.88. The van der Waals surface area contributed by atoms with Crippen molar-refractivity contribution < 1.29 is 4.39 Å². The zero-order valence-electron chi connectivity index (χ0n) is 10.5. The molecule has 100 valence electrons. The SMILES string of the molecule is Fc1ccc(-c2nc(-c3ccccc3CCl)cs2)cc1. The molecule has 20 heavy (non-hydrogen) atoms. The van der Waals surface area contributed by atoms with E-state index in [1.165, 1.54) is 12.1 Å². The number of nitrogens with zero attached hydrogens (tertiary/aromatic N) is 1. The van der Waals surface area contributed by atoms with Crippen LogP contribution >= 0.6 is 22.9 Å². The average Bonchev–Trinajstić information content (AvgIpc) is 2.97. The van der Waals surface area contributed by atoms with Crippen LogP contribution in [0.5, 0.6) is 0 Å². The van der Waals surface area contributed by atoms with Crippen LogP contribution in [0, 0.1) is 5.82 Å². The van der Waals surface area contributed by atoms with Gasteiger partial charge in [-0.15, -0.1) is 22.9 Å². The third-order valence-electron chi connectivity index (χ3n) is 3.03. The standard InChI is InChI=1S/C16H11ClFNS/c17-9-12-3-1-2-4-14(12)15-10-20-16(19-15)11-5-7-13(18)8-6-11/h1-8,10H,9H2. The molecule has 0 atom stereocenters. The lowest BCUT2D eigenvalue weighted by Crippen LogP contribution is -1.86. The van der Waals surface area contributed by atoms with Crippen LogP contribution in [0.1, 0.15) is 5.56 Å². The minimum atomic E-state index is -0.238. The summed E-state index contributed by atoms with van der Waals surface area (Å²) >= 11 is 7.50. The first-order valence-corrected chi connectivity index (χ1v) is 7.55. The summed E-state index contributed by atoms with van der Waals surface area (Å²) in [7, 11) is 0. The summed E-state index contributed by atoms with van der Waals surface area (Å²) < 4.78 is 12.9. The maximum absolute atomic E-state index is 12.9. The third kappa shape index (κ3) is 2.60. The molecule has 0 aliphatic heterocycles. The summed E-state index contributed by atoms with van der Waals surface area (Å²) in [6.45, 7) is 0. The molecule has 3 rings (SSSR count). The van der Waals surface area contributed by atoms with E-state index in [2.05, 4.69) is 4.98 Å². The van der Waals surface area contributed by atoms with E-state index in [1.807, 2.05) is 29.6 Å². The second-order valence-electron chi connectivity index (χ2n) is 4.34. The molecule has 1 nitrogen and oxygen atoms in total. The average molecular weight is 304 g/mol. The maximum Gasteiger partial charge on any atom is 0.124 e. The molecule has 0 N–H and O–H groups in total. The zero-order chi connectivity index (χ0) is 13.9. The van der Waals surface area contributed by atoms with Crippen LogP contribution in [0.3, 0.4) is 0 Å². The van der Waals surface area contributed by atoms with E-state index in [-0.39, 0.29) is 5.82 Å². The minimum Gasteiger partial charge on any atom is -0.236 e. The first-order chi connectivity index (χ1) is 9.78. The molecule has 0 unspecified atom stereocenters. The lowest BCUT2D eigenvalue weighted by molar-refractivity contribution is 0.628. The van der Waals surface area contributed by atoms with Crippen molar-refractivity contribution in [2.24, 2.45) is 0 Å². The Balaban J connectivity index is 2.00. The summed E-state index contributed by atoms with van der Waals surface area (Å²) in [4.78, 5) is 4.63. The van der Waals surface area contributed by atoms with Crippen molar-refractivity contribution >= 4 is 22.9 Å². The Kier molecular flexibility index (Phi) is 3.81. The molecule has 1 heterocycles. The predicted octanol–water partition coefficient (Wildman–Crippen LogP) is 5.36. The molecule has 4 heteroatoms. The van der Waals surface area contributed by atoms with Gasteiger partial charge in [-0.1, -0.05) is 24.3 Å². The quantitative estimate of drug-likeness (QED) is 0.594. The van der Waals surface area contributed by atoms with Crippen LogP contribution < -0.4 is 0 Å². The van der Waals surface area contributed by atoms with E-state index in [0.29, 0.717) is 5.88 Å². The van der Waals surface area contributed by atoms with E-state index < -0.39 is 0 Å². The Hall–Kier alpha value is -1.71. The molecule has 1 aromatic heterocycles. The Labute approximate surface area is 125 Å². The van der Waals surface area contributed by atoms with Gasteiger partial charge in [0.25, 0.3) is 0 Å². The largest absolute Gasteiger partial charge is 0.236 e. The van der Waals surface area contributed by atoms with Crippen LogP contribution in [0.2, 0.25) is 0 Å². The normalized spacial score (nSPS) is 10.7. The topological polar surface area (TPSA) is 12.9 Å². The molecule has 3 aromatic rings. The first-order valence-electron chi connectivity index (χ1n) is 6.13. The summed E-state index contributed by atoms with van der Waals surface area (Å²) in [5.74, 6) is 0.220. The molecular formula is C16H11ClFNS. The maximum atomic E-state index is 12.9. The molecule has 0 bridgehead atoms. The van der Waals surface area contributed by atoms with E-state index in [0.717, 1.165) is 27.4 Å². The summed E-state index contributed by atoms with van der Waals surface area (Å²) in [6.07, 6.45) is 0. The lowest BCUT2D eigenvalue weighted by Gasteiger charge is -2.03. The Morgan fingerprint density at radius 3 is 2.55 bits per heavy atom. The van der Waals surface area contributed by atoms with Gasteiger partial charge < -0.3 is 0 Å². The van der Waals surface area contributed by atoms with Gasteiger partial charge in [-0.3, -0.25) is 0 Å². The van der Waals surface area contributed by atoms with Crippen molar-refractivity contribution in [3.8, 4) is 21.8 Å². The van der Waals surface area contributed by atoms with Gasteiger partial charge in [0.05, 0.1) is 5.69 Å². The summed E-state index contributed by atoms with van der Waals surface area (Å²) in [6, 6.07) is 14.3. The van der Waals surface area contributed by atoms with Gasteiger partial charge in [-0.25, -0.2) is 9.37 Å². The van der Waals surface area contributed by atoms with Gasteiger partial charge in [0, 0.05) is 22.4 Å². The minimum absolute atomic E-state index is 0.238. The number of thiazole rings is 1. The van der Waals surface area contributed by atoms with Crippen LogP contribution in [0.25, 0.3) is 21.8 Å². The highest BCUT2D eigenvalue weighted by atomic mass is 35.5. The van der Waals surface area contributed by atoms with Crippen LogP contribution in [0.15, 0.2) is 53.9 Å². The van der Waals surface area contributed by atoms with E-state index >= 15 is 0 Å². The second-order valence-corrected chi connectivity index (χ2v) is 5.46. The number of alkyl halides is 1. The Morgan fingerprint density at radius 2 is 1.80 bits per heavy atom. The molecule has 0 aliphatic carbocycles. The molecule has 0 saturated heterocycles. The molecule has 2 aromatic carbocycles. The molecule has 0 aliphatic rings. The van der Waals surface area contributed by atoms with Crippen molar-refractivity contribution in [1.82, 2.24) is 4.98 Å². The number of hydrogen-bond acceptors (Lipinski definition) is 2. The lowest BCUT2D eigenvalue weighted by atomic mass is 10.1. The fourth-order valence-electron chi connectivity index (χ4n) is 2.01. The van der Waals surface area contributed by atoms with Crippen LogP contribution in [-0.2, 0) is 5.88 Å². The van der Waals surface area contributed by atoms with Crippen molar-refractivity contribution in [3.63, 3.8) is 0 Å². The number of aromatic nitrogens is 1. The highest BCUT2D eigenvalue weighted by Crippen LogP contribution is 2.31. The molecule has 0 amide bonds. The van der Waals surface area contributed by atoms with Gasteiger partial charge in [0.2, 0.25) is 0 Å². The number of halogens is 2. The Bertz CT molecular complexity index is 721. The third-order valence-corrected chi connectivity index (χ3v) is 4.21. The van der Waals surface area contributed by atoms with Crippen molar-refractivity contribution in [3.05, 3.63) is 65.3 Å². The van der Waals surface area contributed by atoms with Gasteiger partial charge in [-0.05, 0) is 29.8 Å². The van der Waals surface area contributed by atoms with Gasteiger partial charge in [-0.2, -0.15) is 0 Å². The van der Waals surface area contributed by atoms with E-state index in [9.17, 15) is 4.39 Å². The summed E-state index contributed by atoms with van der Waals surface area (Å²) in [5.41, 5.74) is 3.94. The Morgan fingerprint density at radius 1 is 1.05 bits per heavy atom. The highest BCUT2D eigenvalue weighted by molar-refractivity contribution is 7.13. The number of hydrogen-bond donors (Lipinski definition) is 0. The molecule has 0 spiro atoms. The van der Waals surface area contributed by atoms with Gasteiger partial charge >= 0.3 is 0 Å². The highest BCUT2D eigenvalue weighted by Gasteiger charge is 2.09. The van der Waals surface area contributed by atoms with E-state index in [1.54, 1.807) is 23.5 Å². The van der Waals surface area contributed by atoms with Gasteiger partial charge in [0.15, 0.2) is 0 Å². The molecule has 0 fully saturated rings. The number of benzene rings is 2. The van der Waals surface area contributed by atoms with E-state index in [4.69, 9.17) is 11.6 Å². The number of rotatable bonds is 3. The van der Waals surface area contributed by atoms with Crippen molar-refractivity contribution in [2.45, 2.75) is 5.88 Å². The fourth-order valence-corrected chi connectivity index (χ4v) is 3.07. The molecular weight excluding hydrogens is 293 g/mol. The monoisotopic (exact) mass is 303 g/mol. The van der Waals surface area contributed by atoms with Gasteiger partial charge in [0.1, 0.15) is 10.8 Å². The second kappa shape index (κ2) is 5.73. The zero-order valence-corrected chi connectivity index (χ0v) is 12.1.